The molecule has 0 saturated heterocycles. The Labute approximate surface area is 87.9 Å². The molecule has 0 spiro atoms. The highest BCUT2D eigenvalue weighted by molar-refractivity contribution is 9.10. The third-order valence-corrected chi connectivity index (χ3v) is 2.94. The van der Waals surface area contributed by atoms with Crippen molar-refractivity contribution in [2.75, 3.05) is 0 Å². The van der Waals surface area contributed by atoms with Gasteiger partial charge in [0.15, 0.2) is 0 Å². The summed E-state index contributed by atoms with van der Waals surface area (Å²) >= 11 is 3.51. The highest BCUT2D eigenvalue weighted by atomic mass is 79.9. The summed E-state index contributed by atoms with van der Waals surface area (Å²) < 4.78 is 1.13. The first kappa shape index (κ1) is 10.7. The molecule has 1 aromatic rings. The van der Waals surface area contributed by atoms with Crippen LogP contribution in [0.15, 0.2) is 16.6 Å². The summed E-state index contributed by atoms with van der Waals surface area (Å²) in [6, 6.07) is 4.23. The van der Waals surface area contributed by atoms with E-state index in [9.17, 15) is 5.11 Å². The van der Waals surface area contributed by atoms with Gasteiger partial charge in [-0.15, -0.1) is 0 Å². The van der Waals surface area contributed by atoms with E-state index in [1.54, 1.807) is 0 Å². The van der Waals surface area contributed by atoms with E-state index in [1.807, 2.05) is 6.92 Å². The molecule has 0 aliphatic heterocycles. The number of aliphatic hydroxyl groups excluding tert-OH is 1. The van der Waals surface area contributed by atoms with Gasteiger partial charge in [-0.2, -0.15) is 0 Å². The van der Waals surface area contributed by atoms with E-state index in [4.69, 9.17) is 0 Å². The molecule has 0 aliphatic carbocycles. The van der Waals surface area contributed by atoms with Gasteiger partial charge in [0.05, 0.1) is 6.10 Å². The summed E-state index contributed by atoms with van der Waals surface area (Å²) in [4.78, 5) is 0. The van der Waals surface area contributed by atoms with Crippen LogP contribution >= 0.6 is 15.9 Å². The lowest BCUT2D eigenvalue weighted by molar-refractivity contribution is 0.195. The molecule has 0 saturated carbocycles. The van der Waals surface area contributed by atoms with Crippen LogP contribution in [0.5, 0.6) is 0 Å². The zero-order valence-corrected chi connectivity index (χ0v) is 9.85. The van der Waals surface area contributed by atoms with Crippen molar-refractivity contribution in [3.8, 4) is 0 Å². The molecule has 2 heteroatoms. The van der Waals surface area contributed by atoms with Crippen LogP contribution in [-0.4, -0.2) is 11.2 Å². The first-order chi connectivity index (χ1) is 6.00. The van der Waals surface area contributed by atoms with Crippen LogP contribution in [0.1, 0.15) is 23.6 Å². The lowest BCUT2D eigenvalue weighted by Gasteiger charge is -2.10. The van der Waals surface area contributed by atoms with Gasteiger partial charge in [-0.25, -0.2) is 0 Å². The largest absolute Gasteiger partial charge is 0.393 e. The Balaban J connectivity index is 3.05. The van der Waals surface area contributed by atoms with Gasteiger partial charge in [0.25, 0.3) is 0 Å². The highest BCUT2D eigenvalue weighted by Gasteiger charge is 2.06. The number of aryl methyl sites for hydroxylation is 1. The fourth-order valence-corrected chi connectivity index (χ4v) is 2.03. The highest BCUT2D eigenvalue weighted by Crippen LogP contribution is 2.22. The normalized spacial score (nSPS) is 13.0. The van der Waals surface area contributed by atoms with Crippen LogP contribution < -0.4 is 0 Å². The molecule has 0 aromatic heterocycles. The minimum atomic E-state index is -0.271. The molecule has 0 fully saturated rings. The van der Waals surface area contributed by atoms with E-state index in [2.05, 4.69) is 41.9 Å². The molecule has 1 aromatic carbocycles. The van der Waals surface area contributed by atoms with E-state index in [0.29, 0.717) is 0 Å². The Morgan fingerprint density at radius 3 is 2.54 bits per heavy atom. The Morgan fingerprint density at radius 2 is 2.00 bits per heavy atom. The maximum absolute atomic E-state index is 9.30. The van der Waals surface area contributed by atoms with Crippen LogP contribution in [0.25, 0.3) is 0 Å². The molecule has 0 amide bonds. The van der Waals surface area contributed by atoms with Crippen molar-refractivity contribution in [3.63, 3.8) is 0 Å². The molecular formula is C11H15BrO. The summed E-state index contributed by atoms with van der Waals surface area (Å²) in [6.45, 7) is 5.95. The molecule has 13 heavy (non-hydrogen) atoms. The second kappa shape index (κ2) is 4.25. The standard InChI is InChI=1S/C11H15BrO/c1-7-4-10(6-8(2)13)9(3)11(12)5-7/h4-5,8,13H,6H2,1-3H3. The molecule has 72 valence electrons. The molecule has 1 rings (SSSR count). The fraction of sp³-hybridized carbons (Fsp3) is 0.455. The van der Waals surface area contributed by atoms with Gasteiger partial charge in [0.2, 0.25) is 0 Å². The minimum absolute atomic E-state index is 0.271. The van der Waals surface area contributed by atoms with E-state index in [1.165, 1.54) is 16.7 Å². The predicted octanol–water partition coefficient (Wildman–Crippen LogP) is 2.99. The maximum Gasteiger partial charge on any atom is 0.0552 e. The van der Waals surface area contributed by atoms with E-state index in [-0.39, 0.29) is 6.10 Å². The molecule has 0 bridgehead atoms. The summed E-state index contributed by atoms with van der Waals surface area (Å²) in [5.74, 6) is 0. The smallest absolute Gasteiger partial charge is 0.0552 e. The Kier molecular flexibility index (Phi) is 3.51. The van der Waals surface area contributed by atoms with Crippen molar-refractivity contribution >= 4 is 15.9 Å². The summed E-state index contributed by atoms with van der Waals surface area (Å²) in [5, 5.41) is 9.30. The van der Waals surface area contributed by atoms with Gasteiger partial charge < -0.3 is 5.11 Å². The van der Waals surface area contributed by atoms with E-state index < -0.39 is 0 Å². The Morgan fingerprint density at radius 1 is 1.38 bits per heavy atom. The molecule has 1 N–H and O–H groups in total. The van der Waals surface area contributed by atoms with Gasteiger partial charge in [-0.3, -0.25) is 0 Å². The molecular weight excluding hydrogens is 228 g/mol. The van der Waals surface area contributed by atoms with Crippen molar-refractivity contribution in [1.29, 1.82) is 0 Å². The molecule has 0 heterocycles. The quantitative estimate of drug-likeness (QED) is 0.846. The average Bonchev–Trinajstić information content (AvgIpc) is 1.98. The number of aliphatic hydroxyl groups is 1. The first-order valence-electron chi connectivity index (χ1n) is 4.44. The summed E-state index contributed by atoms with van der Waals surface area (Å²) in [7, 11) is 0. The molecule has 1 unspecified atom stereocenters. The number of hydrogen-bond acceptors (Lipinski definition) is 1. The van der Waals surface area contributed by atoms with Crippen LogP contribution in [-0.2, 0) is 6.42 Å². The third kappa shape index (κ3) is 2.82. The SMILES string of the molecule is Cc1cc(Br)c(C)c(CC(C)O)c1. The average molecular weight is 243 g/mol. The van der Waals surface area contributed by atoms with E-state index in [0.717, 1.165) is 10.9 Å². The summed E-state index contributed by atoms with van der Waals surface area (Å²) in [6.07, 6.45) is 0.457. The van der Waals surface area contributed by atoms with Gasteiger partial charge in [-0.05, 0) is 49.9 Å². The molecule has 0 radical (unpaired) electrons. The van der Waals surface area contributed by atoms with Crippen molar-refractivity contribution in [2.45, 2.75) is 33.3 Å². The van der Waals surface area contributed by atoms with Crippen molar-refractivity contribution in [3.05, 3.63) is 33.3 Å². The number of rotatable bonds is 2. The summed E-state index contributed by atoms with van der Waals surface area (Å²) in [5.41, 5.74) is 3.68. The lowest BCUT2D eigenvalue weighted by atomic mass is 10.0. The van der Waals surface area contributed by atoms with E-state index >= 15 is 0 Å². The Bertz CT molecular complexity index is 305. The second-order valence-corrected chi connectivity index (χ2v) is 4.44. The molecule has 1 atom stereocenters. The van der Waals surface area contributed by atoms with Gasteiger partial charge >= 0.3 is 0 Å². The Hall–Kier alpha value is -0.340. The van der Waals surface area contributed by atoms with Gasteiger partial charge in [0.1, 0.15) is 0 Å². The zero-order valence-electron chi connectivity index (χ0n) is 8.26. The first-order valence-corrected chi connectivity index (χ1v) is 5.23. The lowest BCUT2D eigenvalue weighted by Crippen LogP contribution is -2.06. The van der Waals surface area contributed by atoms with Crippen molar-refractivity contribution < 1.29 is 5.11 Å². The number of halogens is 1. The van der Waals surface area contributed by atoms with Crippen LogP contribution in [0, 0.1) is 13.8 Å². The van der Waals surface area contributed by atoms with Crippen LogP contribution in [0.4, 0.5) is 0 Å². The van der Waals surface area contributed by atoms with Gasteiger partial charge in [-0.1, -0.05) is 22.0 Å². The monoisotopic (exact) mass is 242 g/mol. The topological polar surface area (TPSA) is 20.2 Å². The van der Waals surface area contributed by atoms with Crippen molar-refractivity contribution in [1.82, 2.24) is 0 Å². The fourth-order valence-electron chi connectivity index (χ4n) is 1.42. The zero-order chi connectivity index (χ0) is 10.0. The number of hydrogen-bond donors (Lipinski definition) is 1. The van der Waals surface area contributed by atoms with Gasteiger partial charge in [0, 0.05) is 4.47 Å². The predicted molar refractivity (Wildman–Crippen MR) is 59.0 cm³/mol. The second-order valence-electron chi connectivity index (χ2n) is 3.58. The molecule has 1 nitrogen and oxygen atoms in total. The maximum atomic E-state index is 9.30. The minimum Gasteiger partial charge on any atom is -0.393 e. The number of benzene rings is 1. The third-order valence-electron chi connectivity index (χ3n) is 2.11. The molecule has 0 aliphatic rings. The van der Waals surface area contributed by atoms with Crippen LogP contribution in [0.3, 0.4) is 0 Å². The van der Waals surface area contributed by atoms with Crippen molar-refractivity contribution in [2.24, 2.45) is 0 Å². The van der Waals surface area contributed by atoms with Crippen LogP contribution in [0.2, 0.25) is 0 Å².